The Hall–Kier alpha value is -2.96. The Balaban J connectivity index is 1.41. The van der Waals surface area contributed by atoms with Gasteiger partial charge in [-0.15, -0.1) is 0 Å². The zero-order valence-electron chi connectivity index (χ0n) is 18.7. The molecule has 7 heteroatoms. The van der Waals surface area contributed by atoms with Gasteiger partial charge in [0, 0.05) is 56.6 Å². The standard InChI is InChI=1S/C25H31N5O2/c1-18-6-2-3-7-21(18)22(31)29-13-4-10-25(23(32)28-14-19-8-9-19)17-30(16-20(25)15-29)24-26-11-5-12-27-24/h2-3,5-7,11-12,19-20H,4,8-10,13-17H2,1H3,(H,28,32)/t20-,25-/m0/s1. The molecule has 1 aromatic carbocycles. The molecular weight excluding hydrogens is 402 g/mol. The normalized spacial score (nSPS) is 25.2. The molecular formula is C25H31N5O2. The third kappa shape index (κ3) is 3.96. The molecule has 2 aromatic rings. The lowest BCUT2D eigenvalue weighted by molar-refractivity contribution is -0.132. The average Bonchev–Trinajstić information content (AvgIpc) is 3.60. The molecule has 1 aromatic heterocycles. The Labute approximate surface area is 189 Å². The minimum Gasteiger partial charge on any atom is -0.355 e. The number of anilines is 1. The van der Waals surface area contributed by atoms with Crippen LogP contribution in [0.25, 0.3) is 0 Å². The molecule has 1 saturated carbocycles. The van der Waals surface area contributed by atoms with Crippen molar-refractivity contribution in [3.8, 4) is 0 Å². The summed E-state index contributed by atoms with van der Waals surface area (Å²) in [6, 6.07) is 9.55. The first-order valence-electron chi connectivity index (χ1n) is 11.7. The fraction of sp³-hybridized carbons (Fsp3) is 0.520. The maximum atomic E-state index is 13.6. The quantitative estimate of drug-likeness (QED) is 0.784. The highest BCUT2D eigenvalue weighted by Crippen LogP contribution is 2.44. The summed E-state index contributed by atoms with van der Waals surface area (Å²) in [5.41, 5.74) is 1.22. The molecule has 2 amide bonds. The number of carbonyl (C=O) groups excluding carboxylic acids is 2. The van der Waals surface area contributed by atoms with Gasteiger partial charge in [-0.05, 0) is 56.2 Å². The largest absolute Gasteiger partial charge is 0.355 e. The molecule has 0 spiro atoms. The number of fused-ring (bicyclic) bond motifs is 1. The Kier molecular flexibility index (Phi) is 5.57. The number of hydrogen-bond acceptors (Lipinski definition) is 5. The van der Waals surface area contributed by atoms with E-state index in [4.69, 9.17) is 0 Å². The van der Waals surface area contributed by atoms with Crippen LogP contribution in [0.4, 0.5) is 5.95 Å². The molecule has 0 radical (unpaired) electrons. The minimum absolute atomic E-state index is 0.0426. The van der Waals surface area contributed by atoms with Crippen molar-refractivity contribution in [1.82, 2.24) is 20.2 Å². The van der Waals surface area contributed by atoms with E-state index in [2.05, 4.69) is 20.2 Å². The van der Waals surface area contributed by atoms with Gasteiger partial charge in [-0.1, -0.05) is 18.2 Å². The van der Waals surface area contributed by atoms with E-state index in [1.165, 1.54) is 12.8 Å². The van der Waals surface area contributed by atoms with Crippen LogP contribution in [0, 0.1) is 24.2 Å². The van der Waals surface area contributed by atoms with E-state index in [1.807, 2.05) is 36.1 Å². The zero-order chi connectivity index (χ0) is 22.1. The van der Waals surface area contributed by atoms with Gasteiger partial charge >= 0.3 is 0 Å². The van der Waals surface area contributed by atoms with Crippen LogP contribution >= 0.6 is 0 Å². The van der Waals surface area contributed by atoms with Crippen molar-refractivity contribution >= 4 is 17.8 Å². The summed E-state index contributed by atoms with van der Waals surface area (Å²) in [5.74, 6) is 1.53. The Morgan fingerprint density at radius 2 is 1.91 bits per heavy atom. The Morgan fingerprint density at radius 1 is 1.12 bits per heavy atom. The van der Waals surface area contributed by atoms with Crippen LogP contribution in [0.15, 0.2) is 42.7 Å². The lowest BCUT2D eigenvalue weighted by atomic mass is 9.74. The molecule has 5 rings (SSSR count). The van der Waals surface area contributed by atoms with Gasteiger partial charge in [0.2, 0.25) is 11.9 Å². The molecule has 3 heterocycles. The first-order valence-corrected chi connectivity index (χ1v) is 11.7. The smallest absolute Gasteiger partial charge is 0.254 e. The molecule has 2 atom stereocenters. The summed E-state index contributed by atoms with van der Waals surface area (Å²) in [6.45, 7) is 5.28. The lowest BCUT2D eigenvalue weighted by Crippen LogP contribution is -2.48. The highest BCUT2D eigenvalue weighted by atomic mass is 16.2. The van der Waals surface area contributed by atoms with Crippen molar-refractivity contribution in [3.63, 3.8) is 0 Å². The van der Waals surface area contributed by atoms with Crippen LogP contribution in [0.1, 0.15) is 41.6 Å². The summed E-state index contributed by atoms with van der Waals surface area (Å²) in [7, 11) is 0. The first kappa shape index (κ1) is 20.9. The molecule has 7 nitrogen and oxygen atoms in total. The number of carbonyl (C=O) groups is 2. The summed E-state index contributed by atoms with van der Waals surface area (Å²) in [5, 5.41) is 3.25. The fourth-order valence-electron chi connectivity index (χ4n) is 5.31. The van der Waals surface area contributed by atoms with Crippen LogP contribution in [-0.2, 0) is 4.79 Å². The first-order chi connectivity index (χ1) is 15.6. The molecule has 1 aliphatic carbocycles. The summed E-state index contributed by atoms with van der Waals surface area (Å²) >= 11 is 0. The number of rotatable bonds is 5. The molecule has 1 N–H and O–H groups in total. The predicted octanol–water partition coefficient (Wildman–Crippen LogP) is 2.67. The second-order valence-corrected chi connectivity index (χ2v) is 9.61. The van der Waals surface area contributed by atoms with E-state index >= 15 is 0 Å². The monoisotopic (exact) mass is 433 g/mol. The fourth-order valence-corrected chi connectivity index (χ4v) is 5.31. The SMILES string of the molecule is Cc1ccccc1C(=O)N1CCC[C@]2(C(=O)NCC3CC3)CN(c3ncccn3)C[C@@H]2C1. The van der Waals surface area contributed by atoms with E-state index in [0.29, 0.717) is 38.0 Å². The number of likely N-dealkylation sites (tertiary alicyclic amines) is 1. The topological polar surface area (TPSA) is 78.4 Å². The third-order valence-electron chi connectivity index (χ3n) is 7.39. The van der Waals surface area contributed by atoms with Gasteiger partial charge in [0.25, 0.3) is 5.91 Å². The van der Waals surface area contributed by atoms with E-state index < -0.39 is 5.41 Å². The van der Waals surface area contributed by atoms with Gasteiger partial charge in [0.1, 0.15) is 0 Å². The molecule has 168 valence electrons. The number of amides is 2. The number of aryl methyl sites for hydroxylation is 1. The summed E-state index contributed by atoms with van der Waals surface area (Å²) in [4.78, 5) is 39.9. The van der Waals surface area contributed by atoms with Gasteiger partial charge in [-0.25, -0.2) is 9.97 Å². The number of benzene rings is 1. The highest BCUT2D eigenvalue weighted by molar-refractivity contribution is 5.95. The molecule has 3 fully saturated rings. The molecule has 0 unspecified atom stereocenters. The Morgan fingerprint density at radius 3 is 2.66 bits per heavy atom. The van der Waals surface area contributed by atoms with Gasteiger partial charge < -0.3 is 15.1 Å². The van der Waals surface area contributed by atoms with E-state index in [9.17, 15) is 9.59 Å². The Bertz CT molecular complexity index is 993. The molecule has 32 heavy (non-hydrogen) atoms. The van der Waals surface area contributed by atoms with Gasteiger partial charge in [0.15, 0.2) is 0 Å². The zero-order valence-corrected chi connectivity index (χ0v) is 18.7. The predicted molar refractivity (Wildman–Crippen MR) is 122 cm³/mol. The van der Waals surface area contributed by atoms with Crippen LogP contribution in [0.3, 0.4) is 0 Å². The van der Waals surface area contributed by atoms with Gasteiger partial charge in [0.05, 0.1) is 5.41 Å². The summed E-state index contributed by atoms with van der Waals surface area (Å²) < 4.78 is 0. The molecule has 2 saturated heterocycles. The number of aromatic nitrogens is 2. The minimum atomic E-state index is -0.519. The lowest BCUT2D eigenvalue weighted by Gasteiger charge is -2.32. The van der Waals surface area contributed by atoms with E-state index in [-0.39, 0.29) is 17.7 Å². The van der Waals surface area contributed by atoms with Gasteiger partial charge in [-0.2, -0.15) is 0 Å². The second kappa shape index (κ2) is 8.52. The van der Waals surface area contributed by atoms with Crippen LogP contribution < -0.4 is 10.2 Å². The highest BCUT2D eigenvalue weighted by Gasteiger charge is 2.54. The maximum absolute atomic E-state index is 13.6. The van der Waals surface area contributed by atoms with Crippen LogP contribution in [0.5, 0.6) is 0 Å². The maximum Gasteiger partial charge on any atom is 0.254 e. The van der Waals surface area contributed by atoms with Gasteiger partial charge in [-0.3, -0.25) is 9.59 Å². The van der Waals surface area contributed by atoms with Crippen molar-refractivity contribution in [2.75, 3.05) is 37.6 Å². The van der Waals surface area contributed by atoms with E-state index in [1.54, 1.807) is 18.5 Å². The molecule has 3 aliphatic rings. The van der Waals surface area contributed by atoms with Crippen molar-refractivity contribution in [3.05, 3.63) is 53.9 Å². The van der Waals surface area contributed by atoms with Crippen molar-refractivity contribution in [2.45, 2.75) is 32.6 Å². The van der Waals surface area contributed by atoms with Crippen LogP contribution in [0.2, 0.25) is 0 Å². The molecule has 0 bridgehead atoms. The van der Waals surface area contributed by atoms with Crippen molar-refractivity contribution < 1.29 is 9.59 Å². The third-order valence-corrected chi connectivity index (χ3v) is 7.39. The average molecular weight is 434 g/mol. The summed E-state index contributed by atoms with van der Waals surface area (Å²) in [6.07, 6.45) is 7.48. The number of hydrogen-bond donors (Lipinski definition) is 1. The van der Waals surface area contributed by atoms with Crippen LogP contribution in [-0.4, -0.2) is 59.4 Å². The molecule has 2 aliphatic heterocycles. The number of nitrogens with one attached hydrogen (secondary N) is 1. The van der Waals surface area contributed by atoms with Crippen molar-refractivity contribution in [2.24, 2.45) is 17.3 Å². The van der Waals surface area contributed by atoms with Crippen molar-refractivity contribution in [1.29, 1.82) is 0 Å². The second-order valence-electron chi connectivity index (χ2n) is 9.61. The van der Waals surface area contributed by atoms with E-state index in [0.717, 1.165) is 30.5 Å². The number of nitrogens with zero attached hydrogens (tertiary/aromatic N) is 4.